The van der Waals surface area contributed by atoms with Crippen LogP contribution in [0.4, 0.5) is 5.69 Å². The fourth-order valence-corrected chi connectivity index (χ4v) is 1.71. The molecule has 3 nitrogen and oxygen atoms in total. The third-order valence-electron chi connectivity index (χ3n) is 2.25. The number of nitrogens with two attached hydrogens (primary N) is 1. The lowest BCUT2D eigenvalue weighted by atomic mass is 10.2. The number of hydrogen-bond acceptors (Lipinski definition) is 3. The van der Waals surface area contributed by atoms with Crippen molar-refractivity contribution in [2.24, 2.45) is 0 Å². The third-order valence-corrected chi connectivity index (χ3v) is 3.06. The molecule has 0 fully saturated rings. The molecule has 0 aliphatic heterocycles. The first kappa shape index (κ1) is 12.2. The number of benzene rings is 1. The minimum Gasteiger partial charge on any atom is -0.438 e. The highest BCUT2D eigenvalue weighted by molar-refractivity contribution is 9.10. The van der Waals surface area contributed by atoms with Crippen molar-refractivity contribution in [2.45, 2.75) is 6.92 Å². The van der Waals surface area contributed by atoms with Gasteiger partial charge in [-0.25, -0.2) is 4.98 Å². The molecule has 0 aliphatic carbocycles. The normalized spacial score (nSPS) is 10.3. The van der Waals surface area contributed by atoms with Crippen molar-refractivity contribution in [3.63, 3.8) is 0 Å². The summed E-state index contributed by atoms with van der Waals surface area (Å²) < 4.78 is 6.34. The summed E-state index contributed by atoms with van der Waals surface area (Å²) in [6.45, 7) is 1.94. The van der Waals surface area contributed by atoms with E-state index < -0.39 is 0 Å². The largest absolute Gasteiger partial charge is 0.438 e. The second-order valence-electron chi connectivity index (χ2n) is 3.54. The average molecular weight is 314 g/mol. The van der Waals surface area contributed by atoms with E-state index in [1.54, 1.807) is 18.2 Å². The highest BCUT2D eigenvalue weighted by Gasteiger charge is 2.06. The summed E-state index contributed by atoms with van der Waals surface area (Å²) in [4.78, 5) is 4.08. The predicted molar refractivity (Wildman–Crippen MR) is 72.6 cm³/mol. The zero-order valence-electron chi connectivity index (χ0n) is 9.08. The van der Waals surface area contributed by atoms with Crippen molar-refractivity contribution in [3.8, 4) is 11.6 Å². The van der Waals surface area contributed by atoms with E-state index in [0.717, 1.165) is 10.0 Å². The Bertz CT molecular complexity index is 560. The molecule has 5 heteroatoms. The van der Waals surface area contributed by atoms with Crippen molar-refractivity contribution < 1.29 is 4.74 Å². The van der Waals surface area contributed by atoms with Crippen LogP contribution in [0.2, 0.25) is 5.15 Å². The van der Waals surface area contributed by atoms with Gasteiger partial charge in [-0.05, 0) is 46.6 Å². The molecule has 17 heavy (non-hydrogen) atoms. The molecule has 2 rings (SSSR count). The number of nitrogens with zero attached hydrogens (tertiary/aromatic N) is 1. The third kappa shape index (κ3) is 2.90. The van der Waals surface area contributed by atoms with Crippen LogP contribution in [0.3, 0.4) is 0 Å². The molecule has 2 aromatic rings. The maximum absolute atomic E-state index is 5.80. The lowest BCUT2D eigenvalue weighted by Gasteiger charge is -2.08. The number of aromatic nitrogens is 1. The number of rotatable bonds is 2. The van der Waals surface area contributed by atoms with Crippen molar-refractivity contribution in [2.75, 3.05) is 5.73 Å². The molecule has 0 saturated heterocycles. The summed E-state index contributed by atoms with van der Waals surface area (Å²) in [5.41, 5.74) is 7.49. The molecule has 0 atom stereocenters. The van der Waals surface area contributed by atoms with Gasteiger partial charge in [-0.15, -0.1) is 0 Å². The molecule has 1 heterocycles. The summed E-state index contributed by atoms with van der Waals surface area (Å²) in [5, 5.41) is 0.378. The van der Waals surface area contributed by atoms with Gasteiger partial charge < -0.3 is 10.5 Å². The zero-order chi connectivity index (χ0) is 12.4. The van der Waals surface area contributed by atoms with Gasteiger partial charge in [0.1, 0.15) is 10.9 Å². The van der Waals surface area contributed by atoms with Crippen LogP contribution < -0.4 is 10.5 Å². The fourth-order valence-electron chi connectivity index (χ4n) is 1.27. The Hall–Kier alpha value is -1.26. The van der Waals surface area contributed by atoms with Crippen LogP contribution in [-0.4, -0.2) is 4.98 Å². The van der Waals surface area contributed by atoms with E-state index in [0.29, 0.717) is 22.5 Å². The Morgan fingerprint density at radius 1 is 1.29 bits per heavy atom. The van der Waals surface area contributed by atoms with Gasteiger partial charge in [0.2, 0.25) is 5.88 Å². The number of nitrogen functional groups attached to an aromatic ring is 1. The summed E-state index contributed by atoms with van der Waals surface area (Å²) in [7, 11) is 0. The molecule has 0 amide bonds. The second kappa shape index (κ2) is 4.94. The first-order chi connectivity index (χ1) is 8.06. The molecule has 0 spiro atoms. The van der Waals surface area contributed by atoms with Crippen LogP contribution in [0.25, 0.3) is 0 Å². The van der Waals surface area contributed by atoms with Gasteiger partial charge in [0, 0.05) is 11.8 Å². The van der Waals surface area contributed by atoms with E-state index in [1.807, 2.05) is 19.1 Å². The monoisotopic (exact) mass is 312 g/mol. The first-order valence-electron chi connectivity index (χ1n) is 4.92. The van der Waals surface area contributed by atoms with Crippen molar-refractivity contribution >= 4 is 33.2 Å². The van der Waals surface area contributed by atoms with E-state index in [9.17, 15) is 0 Å². The van der Waals surface area contributed by atoms with Gasteiger partial charge in [-0.1, -0.05) is 17.7 Å². The van der Waals surface area contributed by atoms with Crippen LogP contribution in [0.15, 0.2) is 34.8 Å². The molecule has 0 saturated carbocycles. The summed E-state index contributed by atoms with van der Waals surface area (Å²) in [5.74, 6) is 1.05. The Balaban J connectivity index is 2.31. The van der Waals surface area contributed by atoms with Crippen LogP contribution in [-0.2, 0) is 0 Å². The van der Waals surface area contributed by atoms with Gasteiger partial charge in [0.15, 0.2) is 0 Å². The summed E-state index contributed by atoms with van der Waals surface area (Å²) in [6.07, 6.45) is 0. The molecule has 0 bridgehead atoms. The van der Waals surface area contributed by atoms with Crippen LogP contribution >= 0.6 is 27.5 Å². The van der Waals surface area contributed by atoms with Crippen LogP contribution in [0, 0.1) is 6.92 Å². The van der Waals surface area contributed by atoms with Crippen molar-refractivity contribution in [1.29, 1.82) is 0 Å². The minimum absolute atomic E-state index is 0.378. The minimum atomic E-state index is 0.378. The quantitative estimate of drug-likeness (QED) is 0.668. The topological polar surface area (TPSA) is 48.1 Å². The predicted octanol–water partition coefficient (Wildman–Crippen LogP) is 4.18. The smallest absolute Gasteiger partial charge is 0.235 e. The Labute approximate surface area is 113 Å². The van der Waals surface area contributed by atoms with Gasteiger partial charge in [-0.3, -0.25) is 0 Å². The van der Waals surface area contributed by atoms with Gasteiger partial charge in [0.05, 0.1) is 4.47 Å². The molecule has 2 N–H and O–H groups in total. The molecule has 0 radical (unpaired) electrons. The Morgan fingerprint density at radius 3 is 2.76 bits per heavy atom. The molecule has 1 aromatic carbocycles. The van der Waals surface area contributed by atoms with Gasteiger partial charge >= 0.3 is 0 Å². The van der Waals surface area contributed by atoms with Crippen molar-refractivity contribution in [1.82, 2.24) is 4.98 Å². The number of halogens is 2. The van der Waals surface area contributed by atoms with Gasteiger partial charge in [-0.2, -0.15) is 0 Å². The lowest BCUT2D eigenvalue weighted by Crippen LogP contribution is -1.93. The zero-order valence-corrected chi connectivity index (χ0v) is 11.4. The van der Waals surface area contributed by atoms with Crippen LogP contribution in [0.5, 0.6) is 11.6 Å². The maximum atomic E-state index is 5.80. The maximum Gasteiger partial charge on any atom is 0.235 e. The number of aryl methyl sites for hydroxylation is 1. The SMILES string of the molecule is Cc1ccc(Oc2nc(Cl)ccc2Br)cc1N. The van der Waals surface area contributed by atoms with E-state index in [1.165, 1.54) is 0 Å². The molecule has 1 aromatic heterocycles. The number of hydrogen-bond donors (Lipinski definition) is 1. The van der Waals surface area contributed by atoms with Gasteiger partial charge in [0.25, 0.3) is 0 Å². The summed E-state index contributed by atoms with van der Waals surface area (Å²) in [6, 6.07) is 8.94. The van der Waals surface area contributed by atoms with Crippen LogP contribution in [0.1, 0.15) is 5.56 Å². The lowest BCUT2D eigenvalue weighted by molar-refractivity contribution is 0.460. The fraction of sp³-hybridized carbons (Fsp3) is 0.0833. The number of ether oxygens (including phenoxy) is 1. The molecular formula is C12H10BrClN2O. The molecule has 88 valence electrons. The molecule has 0 aliphatic rings. The van der Waals surface area contributed by atoms with E-state index >= 15 is 0 Å². The number of anilines is 1. The Kier molecular flexibility index (Phi) is 3.54. The van der Waals surface area contributed by atoms with E-state index in [2.05, 4.69) is 20.9 Å². The molecule has 0 unspecified atom stereocenters. The highest BCUT2D eigenvalue weighted by atomic mass is 79.9. The molecular weight excluding hydrogens is 304 g/mol. The first-order valence-corrected chi connectivity index (χ1v) is 6.09. The standard InChI is InChI=1S/C12H10BrClN2O/c1-7-2-3-8(6-10(7)15)17-12-9(13)4-5-11(14)16-12/h2-6H,15H2,1H3. The van der Waals surface area contributed by atoms with E-state index in [4.69, 9.17) is 22.1 Å². The Morgan fingerprint density at radius 2 is 2.06 bits per heavy atom. The average Bonchev–Trinajstić information content (AvgIpc) is 2.29. The summed E-state index contributed by atoms with van der Waals surface area (Å²) >= 11 is 9.15. The van der Waals surface area contributed by atoms with Crippen molar-refractivity contribution in [3.05, 3.63) is 45.5 Å². The highest BCUT2D eigenvalue weighted by Crippen LogP contribution is 2.30. The second-order valence-corrected chi connectivity index (χ2v) is 4.78. The van der Waals surface area contributed by atoms with E-state index in [-0.39, 0.29) is 0 Å². The number of pyridine rings is 1.